The van der Waals surface area contributed by atoms with Gasteiger partial charge >= 0.3 is 0 Å². The Kier molecular flexibility index (Phi) is 7.29. The number of benzene rings is 3. The molecule has 3 nitrogen and oxygen atoms in total. The summed E-state index contributed by atoms with van der Waals surface area (Å²) >= 11 is 0. The minimum absolute atomic E-state index is 0. The van der Waals surface area contributed by atoms with Crippen molar-refractivity contribution < 1.29 is 20.1 Å². The number of para-hydroxylation sites is 2. The van der Waals surface area contributed by atoms with Crippen LogP contribution in [0.25, 0.3) is 33.7 Å². The number of hydrogen-bond donors (Lipinski definition) is 0. The Morgan fingerprint density at radius 2 is 1.43 bits per heavy atom. The van der Waals surface area contributed by atoms with Gasteiger partial charge in [0, 0.05) is 33.3 Å². The fraction of sp³-hybridized carbons (Fsp3) is 0.0769. The van der Waals surface area contributed by atoms with Crippen LogP contribution in [-0.4, -0.2) is 14.5 Å². The molecule has 0 aliphatic carbocycles. The molecule has 0 atom stereocenters. The van der Waals surface area contributed by atoms with Crippen molar-refractivity contribution in [3.8, 4) is 22.6 Å². The third-order valence-corrected chi connectivity index (χ3v) is 4.63. The van der Waals surface area contributed by atoms with Gasteiger partial charge < -0.3 is 9.55 Å². The van der Waals surface area contributed by atoms with E-state index >= 15 is 0 Å². The first-order chi connectivity index (χ1) is 14.2. The van der Waals surface area contributed by atoms with E-state index in [1.165, 1.54) is 5.56 Å². The van der Waals surface area contributed by atoms with Crippen LogP contribution in [0.3, 0.4) is 0 Å². The Balaban J connectivity index is 0.000000169. The van der Waals surface area contributed by atoms with Crippen molar-refractivity contribution in [2.75, 3.05) is 0 Å². The molecule has 0 amide bonds. The molecule has 151 valence electrons. The van der Waals surface area contributed by atoms with Crippen LogP contribution < -0.4 is 0 Å². The van der Waals surface area contributed by atoms with Crippen molar-refractivity contribution in [3.63, 3.8) is 0 Å². The summed E-state index contributed by atoms with van der Waals surface area (Å²) in [6.07, 6.45) is 1.87. The normalized spacial score (nSPS) is 10.1. The van der Waals surface area contributed by atoms with Crippen molar-refractivity contribution in [3.05, 3.63) is 109 Å². The van der Waals surface area contributed by atoms with Crippen molar-refractivity contribution in [1.29, 1.82) is 0 Å². The van der Waals surface area contributed by atoms with E-state index < -0.39 is 0 Å². The first-order valence-corrected chi connectivity index (χ1v) is 9.50. The zero-order valence-corrected chi connectivity index (χ0v) is 19.2. The van der Waals surface area contributed by atoms with Gasteiger partial charge in [0.15, 0.2) is 0 Å². The topological polar surface area (TPSA) is 30.7 Å². The second kappa shape index (κ2) is 10.1. The smallest absolute Gasteiger partial charge is 0.0770 e. The molecule has 5 aromatic rings. The first-order valence-electron chi connectivity index (χ1n) is 9.50. The second-order valence-electron chi connectivity index (χ2n) is 6.76. The Hall–Kier alpha value is -3.07. The summed E-state index contributed by atoms with van der Waals surface area (Å²) in [6.45, 7) is 2.03. The van der Waals surface area contributed by atoms with Crippen molar-refractivity contribution in [2.24, 2.45) is 7.05 Å². The fourth-order valence-electron chi connectivity index (χ4n) is 3.10. The number of nitrogens with zero attached hydrogens (tertiary/aromatic N) is 3. The van der Waals surface area contributed by atoms with Crippen LogP contribution in [0.5, 0.6) is 0 Å². The quantitative estimate of drug-likeness (QED) is 0.249. The van der Waals surface area contributed by atoms with Gasteiger partial charge in [-0.15, -0.1) is 71.8 Å². The third-order valence-electron chi connectivity index (χ3n) is 4.63. The summed E-state index contributed by atoms with van der Waals surface area (Å²) in [5, 5.41) is 0. The van der Waals surface area contributed by atoms with Crippen LogP contribution >= 0.6 is 0 Å². The van der Waals surface area contributed by atoms with E-state index in [0.717, 1.165) is 33.7 Å². The average Bonchev–Trinajstić information content (AvgIpc) is 3.13. The Morgan fingerprint density at radius 1 is 0.767 bits per heavy atom. The van der Waals surface area contributed by atoms with Gasteiger partial charge in [0.2, 0.25) is 0 Å². The van der Waals surface area contributed by atoms with Crippen LogP contribution in [0, 0.1) is 19.1 Å². The molecule has 0 aliphatic rings. The molecule has 0 fully saturated rings. The number of hydrogen-bond acceptors (Lipinski definition) is 2. The molecule has 0 unspecified atom stereocenters. The first kappa shape index (κ1) is 21.6. The Morgan fingerprint density at radius 3 is 2.03 bits per heavy atom. The molecule has 1 radical (unpaired) electrons. The maximum atomic E-state index is 4.61. The molecule has 0 spiro atoms. The summed E-state index contributed by atoms with van der Waals surface area (Å²) in [5.41, 5.74) is 6.40. The van der Waals surface area contributed by atoms with Crippen LogP contribution in [0.15, 0.2) is 91.1 Å². The zero-order valence-electron chi connectivity index (χ0n) is 16.8. The molecular formula is C26H21IrN3-2. The van der Waals surface area contributed by atoms with Crippen LogP contribution in [0.2, 0.25) is 0 Å². The van der Waals surface area contributed by atoms with Crippen molar-refractivity contribution >= 4 is 11.0 Å². The van der Waals surface area contributed by atoms with E-state index in [1.807, 2.05) is 93.0 Å². The van der Waals surface area contributed by atoms with Gasteiger partial charge in [-0.05, 0) is 30.3 Å². The molecule has 0 N–H and O–H groups in total. The van der Waals surface area contributed by atoms with Gasteiger partial charge in [0.05, 0.1) is 16.9 Å². The molecular weight excluding hydrogens is 547 g/mol. The van der Waals surface area contributed by atoms with Gasteiger partial charge in [0.1, 0.15) is 0 Å². The molecule has 0 bridgehead atoms. The number of aromatic nitrogens is 3. The van der Waals surface area contributed by atoms with Crippen molar-refractivity contribution in [1.82, 2.24) is 14.5 Å². The minimum atomic E-state index is 0. The maximum absolute atomic E-state index is 4.61. The van der Waals surface area contributed by atoms with Crippen molar-refractivity contribution in [2.45, 2.75) is 6.92 Å². The van der Waals surface area contributed by atoms with E-state index in [0.29, 0.717) is 0 Å². The van der Waals surface area contributed by atoms with Gasteiger partial charge in [-0.2, -0.15) is 0 Å². The van der Waals surface area contributed by atoms with E-state index in [4.69, 9.17) is 0 Å². The number of rotatable bonds is 2. The minimum Gasteiger partial charge on any atom is -0.367 e. The maximum Gasteiger partial charge on any atom is 0.0770 e. The number of aryl methyl sites for hydroxylation is 2. The summed E-state index contributed by atoms with van der Waals surface area (Å²) in [5.74, 6) is 0.960. The molecule has 0 aliphatic heterocycles. The monoisotopic (exact) mass is 568 g/mol. The SMILES string of the molecule is Cc1ccc(-c2[c-]cccc2)nc1.Cn1c(-c2[c-]cccc2)nc2ccccc21.[Ir]. The summed E-state index contributed by atoms with van der Waals surface area (Å²) < 4.78 is 2.10. The second-order valence-corrected chi connectivity index (χ2v) is 6.76. The Labute approximate surface area is 190 Å². The van der Waals surface area contributed by atoms with Gasteiger partial charge in [-0.3, -0.25) is 4.98 Å². The molecule has 3 aromatic carbocycles. The predicted octanol–water partition coefficient (Wildman–Crippen LogP) is 5.90. The van der Waals surface area contributed by atoms with Crippen LogP contribution in [-0.2, 0) is 27.2 Å². The van der Waals surface area contributed by atoms with Gasteiger partial charge in [-0.1, -0.05) is 24.3 Å². The summed E-state index contributed by atoms with van der Waals surface area (Å²) in [6, 6.07) is 34.3. The molecule has 30 heavy (non-hydrogen) atoms. The number of imidazole rings is 1. The van der Waals surface area contributed by atoms with E-state index in [9.17, 15) is 0 Å². The number of pyridine rings is 1. The molecule has 0 saturated heterocycles. The average molecular weight is 568 g/mol. The molecule has 0 saturated carbocycles. The Bertz CT molecular complexity index is 1200. The van der Waals surface area contributed by atoms with Crippen LogP contribution in [0.4, 0.5) is 0 Å². The molecule has 5 rings (SSSR count). The molecule has 2 aromatic heterocycles. The summed E-state index contributed by atoms with van der Waals surface area (Å²) in [4.78, 5) is 8.93. The van der Waals surface area contributed by atoms with Crippen LogP contribution in [0.1, 0.15) is 5.56 Å². The van der Waals surface area contributed by atoms with E-state index in [-0.39, 0.29) is 20.1 Å². The van der Waals surface area contributed by atoms with Gasteiger partial charge in [-0.25, -0.2) is 0 Å². The predicted molar refractivity (Wildman–Crippen MR) is 118 cm³/mol. The molecule has 4 heteroatoms. The van der Waals surface area contributed by atoms with E-state index in [1.54, 1.807) is 0 Å². The summed E-state index contributed by atoms with van der Waals surface area (Å²) in [7, 11) is 2.03. The fourth-order valence-corrected chi connectivity index (χ4v) is 3.10. The van der Waals surface area contributed by atoms with E-state index in [2.05, 4.69) is 38.8 Å². The largest absolute Gasteiger partial charge is 0.367 e. The third kappa shape index (κ3) is 4.91. The molecule has 2 heterocycles. The van der Waals surface area contributed by atoms with Gasteiger partial charge in [0.25, 0.3) is 0 Å². The number of fused-ring (bicyclic) bond motifs is 1. The standard InChI is InChI=1S/C14H11N2.C12H10N.Ir/c1-16-13-10-6-5-9-12(13)15-14(16)11-7-3-2-4-8-11;1-10-7-8-12(13-9-10)11-5-3-2-4-6-11;/h2-7,9-10H,1H3;2-5,7-9H,1H3;/q2*-1;. The zero-order chi connectivity index (χ0) is 20.1.